The SMILES string of the molecule is Cc1cc(Nc2nc(N(C)c3c(F)cc(S(C)(=O)=O)cc3F)nc(-c3cnn(C)n3)c2C2CC2)n[nH]1. The summed E-state index contributed by atoms with van der Waals surface area (Å²) < 4.78 is 53.7. The first-order chi connectivity index (χ1) is 17.0. The van der Waals surface area contributed by atoms with Crippen molar-refractivity contribution in [2.45, 2.75) is 30.6 Å². The summed E-state index contributed by atoms with van der Waals surface area (Å²) in [6.45, 7) is 1.86. The largest absolute Gasteiger partial charge is 0.323 e. The van der Waals surface area contributed by atoms with E-state index in [0.29, 0.717) is 23.0 Å². The van der Waals surface area contributed by atoms with Gasteiger partial charge < -0.3 is 10.2 Å². The van der Waals surface area contributed by atoms with Crippen molar-refractivity contribution in [2.24, 2.45) is 7.05 Å². The molecule has 1 aliphatic rings. The number of rotatable bonds is 7. The molecule has 1 aromatic carbocycles. The van der Waals surface area contributed by atoms with E-state index in [9.17, 15) is 8.42 Å². The lowest BCUT2D eigenvalue weighted by molar-refractivity contribution is 0.569. The average molecular weight is 516 g/mol. The molecular weight excluding hydrogens is 492 g/mol. The fourth-order valence-electron chi connectivity index (χ4n) is 3.89. The van der Waals surface area contributed by atoms with Gasteiger partial charge in [0.25, 0.3) is 0 Å². The van der Waals surface area contributed by atoms with Gasteiger partial charge in [0, 0.05) is 37.7 Å². The fourth-order valence-corrected chi connectivity index (χ4v) is 4.53. The van der Waals surface area contributed by atoms with E-state index >= 15 is 8.78 Å². The molecule has 2 N–H and O–H groups in total. The Kier molecular flexibility index (Phi) is 5.70. The molecule has 4 aromatic rings. The molecule has 0 amide bonds. The number of benzene rings is 1. The van der Waals surface area contributed by atoms with Crippen LogP contribution in [0.3, 0.4) is 0 Å². The molecule has 1 fully saturated rings. The van der Waals surface area contributed by atoms with Crippen LogP contribution in [0.1, 0.15) is 30.0 Å². The van der Waals surface area contributed by atoms with E-state index in [-0.39, 0.29) is 11.9 Å². The summed E-state index contributed by atoms with van der Waals surface area (Å²) in [5.41, 5.74) is 2.10. The van der Waals surface area contributed by atoms with Crippen LogP contribution < -0.4 is 10.2 Å². The number of H-pyrrole nitrogens is 1. The zero-order chi connectivity index (χ0) is 25.8. The fraction of sp³-hybridized carbons (Fsp3) is 0.318. The number of nitrogens with zero attached hydrogens (tertiary/aromatic N) is 7. The van der Waals surface area contributed by atoms with Crippen LogP contribution in [0.2, 0.25) is 0 Å². The average Bonchev–Trinajstić information content (AvgIpc) is 3.41. The Morgan fingerprint density at radius 1 is 1.17 bits per heavy atom. The van der Waals surface area contributed by atoms with Gasteiger partial charge in [-0.2, -0.15) is 25.1 Å². The minimum atomic E-state index is -3.81. The van der Waals surface area contributed by atoms with Crippen LogP contribution in [0.5, 0.6) is 0 Å². The number of halogens is 2. The maximum absolute atomic E-state index is 15.0. The minimum Gasteiger partial charge on any atom is -0.323 e. The molecule has 14 heteroatoms. The van der Waals surface area contributed by atoms with Crippen LogP contribution in [0.25, 0.3) is 11.4 Å². The van der Waals surface area contributed by atoms with Crippen LogP contribution in [0, 0.1) is 18.6 Å². The Bertz CT molecular complexity index is 1560. The van der Waals surface area contributed by atoms with E-state index < -0.39 is 32.1 Å². The second-order valence-electron chi connectivity index (χ2n) is 8.76. The first-order valence-corrected chi connectivity index (χ1v) is 12.9. The van der Waals surface area contributed by atoms with Crippen LogP contribution in [0.15, 0.2) is 29.3 Å². The number of nitrogens with one attached hydrogen (secondary N) is 2. The lowest BCUT2D eigenvalue weighted by atomic mass is 10.1. The molecule has 0 spiro atoms. The molecule has 1 saturated carbocycles. The first-order valence-electron chi connectivity index (χ1n) is 11.0. The highest BCUT2D eigenvalue weighted by Crippen LogP contribution is 2.47. The second kappa shape index (κ2) is 8.62. The van der Waals surface area contributed by atoms with Crippen molar-refractivity contribution in [1.29, 1.82) is 0 Å². The maximum Gasteiger partial charge on any atom is 0.232 e. The number of anilines is 4. The number of sulfone groups is 1. The van der Waals surface area contributed by atoms with Gasteiger partial charge in [-0.05, 0) is 37.8 Å². The van der Waals surface area contributed by atoms with Crippen molar-refractivity contribution in [3.8, 4) is 11.4 Å². The summed E-state index contributed by atoms with van der Waals surface area (Å²) in [4.78, 5) is 11.3. The molecule has 0 unspecified atom stereocenters. The molecule has 11 nitrogen and oxygen atoms in total. The van der Waals surface area contributed by atoms with Gasteiger partial charge >= 0.3 is 0 Å². The van der Waals surface area contributed by atoms with Crippen molar-refractivity contribution >= 4 is 33.1 Å². The third kappa shape index (κ3) is 4.51. The summed E-state index contributed by atoms with van der Waals surface area (Å²) in [7, 11) is -0.736. The Morgan fingerprint density at radius 3 is 2.39 bits per heavy atom. The van der Waals surface area contributed by atoms with Crippen LogP contribution in [-0.2, 0) is 16.9 Å². The third-order valence-electron chi connectivity index (χ3n) is 5.77. The Balaban J connectivity index is 1.68. The van der Waals surface area contributed by atoms with Gasteiger partial charge in [0.2, 0.25) is 5.95 Å². The van der Waals surface area contributed by atoms with Crippen molar-refractivity contribution in [3.05, 3.63) is 47.3 Å². The number of aromatic nitrogens is 7. The topological polar surface area (TPSA) is 135 Å². The predicted molar refractivity (Wildman–Crippen MR) is 128 cm³/mol. The van der Waals surface area contributed by atoms with Gasteiger partial charge in [0.1, 0.15) is 22.9 Å². The van der Waals surface area contributed by atoms with Gasteiger partial charge in [-0.3, -0.25) is 5.10 Å². The zero-order valence-corrected chi connectivity index (χ0v) is 20.7. The lowest BCUT2D eigenvalue weighted by Crippen LogP contribution is -2.19. The highest BCUT2D eigenvalue weighted by molar-refractivity contribution is 7.90. The molecule has 0 atom stereocenters. The summed E-state index contributed by atoms with van der Waals surface area (Å²) >= 11 is 0. The van der Waals surface area contributed by atoms with E-state index in [4.69, 9.17) is 0 Å². The summed E-state index contributed by atoms with van der Waals surface area (Å²) in [5, 5.41) is 18.8. The molecule has 1 aliphatic carbocycles. The lowest BCUT2D eigenvalue weighted by Gasteiger charge is -2.22. The molecule has 188 valence electrons. The maximum atomic E-state index is 15.0. The van der Waals surface area contributed by atoms with Crippen LogP contribution in [0.4, 0.5) is 32.1 Å². The standard InChI is InChI=1S/C22H23F2N9O2S/c1-11-7-17(30-29-11)26-21-18(12-5-6-12)19(16-10-25-33(3)31-16)27-22(28-21)32(2)20-14(23)8-13(9-15(20)24)36(4,34)35/h7-10,12H,5-6H2,1-4H3,(H2,26,27,28,29,30). The van der Waals surface area contributed by atoms with E-state index in [1.165, 1.54) is 11.8 Å². The first kappa shape index (κ1) is 23.8. The summed E-state index contributed by atoms with van der Waals surface area (Å²) in [6.07, 6.45) is 4.29. The van der Waals surface area contributed by atoms with E-state index in [0.717, 1.165) is 47.4 Å². The highest BCUT2D eigenvalue weighted by atomic mass is 32.2. The van der Waals surface area contributed by atoms with Gasteiger partial charge in [0.05, 0.1) is 11.1 Å². The smallest absolute Gasteiger partial charge is 0.232 e. The minimum absolute atomic E-state index is 0.0280. The Morgan fingerprint density at radius 2 is 1.86 bits per heavy atom. The zero-order valence-electron chi connectivity index (χ0n) is 19.9. The molecule has 0 aliphatic heterocycles. The monoisotopic (exact) mass is 515 g/mol. The normalized spacial score (nSPS) is 13.7. The van der Waals surface area contributed by atoms with Gasteiger partial charge in [-0.25, -0.2) is 22.2 Å². The molecule has 5 rings (SSSR count). The Hall–Kier alpha value is -3.94. The molecule has 36 heavy (non-hydrogen) atoms. The molecule has 0 saturated heterocycles. The number of aryl methyl sites for hydroxylation is 2. The molecule has 3 heterocycles. The van der Waals surface area contributed by atoms with Crippen LogP contribution >= 0.6 is 0 Å². The second-order valence-corrected chi connectivity index (χ2v) is 10.8. The summed E-state index contributed by atoms with van der Waals surface area (Å²) in [6, 6.07) is 3.35. The molecular formula is C22H23F2N9O2S. The number of hydrogen-bond donors (Lipinski definition) is 2. The van der Waals surface area contributed by atoms with Crippen molar-refractivity contribution in [3.63, 3.8) is 0 Å². The van der Waals surface area contributed by atoms with Crippen molar-refractivity contribution in [1.82, 2.24) is 35.2 Å². The highest BCUT2D eigenvalue weighted by Gasteiger charge is 2.34. The summed E-state index contributed by atoms with van der Waals surface area (Å²) in [5.74, 6) is -1.04. The van der Waals surface area contributed by atoms with Crippen LogP contribution in [-0.4, -0.2) is 56.9 Å². The predicted octanol–water partition coefficient (Wildman–Crippen LogP) is 3.37. The van der Waals surface area contributed by atoms with Gasteiger partial charge in [0.15, 0.2) is 27.3 Å². The number of hydrogen-bond acceptors (Lipinski definition) is 9. The van der Waals surface area contributed by atoms with Crippen molar-refractivity contribution < 1.29 is 17.2 Å². The number of aromatic amines is 1. The van der Waals surface area contributed by atoms with E-state index in [1.807, 2.05) is 6.92 Å². The third-order valence-corrected chi connectivity index (χ3v) is 6.86. The molecule has 0 radical (unpaired) electrons. The Labute approximate surface area is 205 Å². The van der Waals surface area contributed by atoms with E-state index in [1.54, 1.807) is 19.3 Å². The van der Waals surface area contributed by atoms with Gasteiger partial charge in [-0.15, -0.1) is 0 Å². The van der Waals surface area contributed by atoms with Gasteiger partial charge in [-0.1, -0.05) is 0 Å². The molecule has 0 bridgehead atoms. The van der Waals surface area contributed by atoms with Crippen molar-refractivity contribution in [2.75, 3.05) is 23.5 Å². The van der Waals surface area contributed by atoms with E-state index in [2.05, 4.69) is 35.7 Å². The molecule has 3 aromatic heterocycles. The quantitative estimate of drug-likeness (QED) is 0.380.